The smallest absolute Gasteiger partial charge is 0.315 e. The number of carbonyl (C=O) groups is 2. The lowest BCUT2D eigenvalue weighted by atomic mass is 9.54. The molecule has 2 rings (SSSR count). The molecule has 0 aliphatic carbocycles. The van der Waals surface area contributed by atoms with Crippen LogP contribution in [0, 0.1) is 0 Å². The highest BCUT2D eigenvalue weighted by Gasteiger charge is 2.61. The number of carboxylic acids is 2. The molecule has 0 heterocycles. The first-order valence-electron chi connectivity index (χ1n) is 8.05. The monoisotopic (exact) mass is 326 g/mol. The summed E-state index contributed by atoms with van der Waals surface area (Å²) < 4.78 is 0. The summed E-state index contributed by atoms with van der Waals surface area (Å²) in [5.41, 5.74) is -2.10. The van der Waals surface area contributed by atoms with Gasteiger partial charge in [0.1, 0.15) is 10.8 Å². The third-order valence-corrected chi connectivity index (χ3v) is 5.05. The summed E-state index contributed by atoms with van der Waals surface area (Å²) in [5.74, 6) is -2.24. The number of carboxylic acid groups (broad SMARTS) is 2. The third-order valence-electron chi connectivity index (χ3n) is 5.05. The Morgan fingerprint density at radius 3 is 1.21 bits per heavy atom. The van der Waals surface area contributed by atoms with Crippen molar-refractivity contribution in [1.29, 1.82) is 0 Å². The van der Waals surface area contributed by atoms with E-state index in [4.69, 9.17) is 0 Å². The molecule has 2 atom stereocenters. The van der Waals surface area contributed by atoms with Crippen molar-refractivity contribution in [3.63, 3.8) is 0 Å². The standard InChI is InChI=1S/C20H22O4/c1-3-19(17(21)22,15-11-7-5-8-12-15)20(4-2,18(23)24)16-13-9-6-10-14-16/h5-14H,3-4H2,1-2H3,(H,21,22)(H,23,24). The average Bonchev–Trinajstić information content (AvgIpc) is 2.60. The molecule has 2 unspecified atom stereocenters. The maximum absolute atomic E-state index is 12.5. The predicted molar refractivity (Wildman–Crippen MR) is 92.1 cm³/mol. The second-order valence-corrected chi connectivity index (χ2v) is 5.86. The number of aliphatic carboxylic acids is 2. The summed E-state index contributed by atoms with van der Waals surface area (Å²) in [6.45, 7) is 3.47. The minimum atomic E-state index is -1.56. The van der Waals surface area contributed by atoms with Crippen molar-refractivity contribution < 1.29 is 19.8 Å². The first kappa shape index (κ1) is 17.7. The Morgan fingerprint density at radius 2 is 1.00 bits per heavy atom. The van der Waals surface area contributed by atoms with Crippen LogP contribution < -0.4 is 0 Å². The molecule has 0 saturated heterocycles. The van der Waals surface area contributed by atoms with E-state index in [-0.39, 0.29) is 12.8 Å². The van der Waals surface area contributed by atoms with Gasteiger partial charge in [-0.05, 0) is 24.0 Å². The fourth-order valence-electron chi connectivity index (χ4n) is 3.86. The molecule has 0 saturated carbocycles. The van der Waals surface area contributed by atoms with E-state index in [0.29, 0.717) is 11.1 Å². The molecule has 2 N–H and O–H groups in total. The summed E-state index contributed by atoms with van der Waals surface area (Å²) >= 11 is 0. The Morgan fingerprint density at radius 1 is 0.708 bits per heavy atom. The quantitative estimate of drug-likeness (QED) is 0.810. The van der Waals surface area contributed by atoms with Gasteiger partial charge in [-0.2, -0.15) is 0 Å². The molecule has 4 heteroatoms. The van der Waals surface area contributed by atoms with Gasteiger partial charge in [0.15, 0.2) is 0 Å². The highest BCUT2D eigenvalue weighted by atomic mass is 16.4. The SMILES string of the molecule is CCC(C(=O)O)(c1ccccc1)C(CC)(C(=O)O)c1ccccc1. The van der Waals surface area contributed by atoms with Gasteiger partial charge in [0, 0.05) is 0 Å². The van der Waals surface area contributed by atoms with E-state index >= 15 is 0 Å². The number of hydrogen-bond acceptors (Lipinski definition) is 2. The maximum atomic E-state index is 12.5. The van der Waals surface area contributed by atoms with Crippen LogP contribution in [0.1, 0.15) is 37.8 Å². The largest absolute Gasteiger partial charge is 0.481 e. The van der Waals surface area contributed by atoms with Gasteiger partial charge in [-0.15, -0.1) is 0 Å². The highest BCUT2D eigenvalue weighted by molar-refractivity contribution is 5.95. The van der Waals surface area contributed by atoms with E-state index in [0.717, 1.165) is 0 Å². The van der Waals surface area contributed by atoms with Crippen molar-refractivity contribution in [3.8, 4) is 0 Å². The number of benzene rings is 2. The summed E-state index contributed by atoms with van der Waals surface area (Å²) in [5, 5.41) is 20.4. The van der Waals surface area contributed by atoms with E-state index in [1.807, 2.05) is 0 Å². The average molecular weight is 326 g/mol. The topological polar surface area (TPSA) is 74.6 Å². The van der Waals surface area contributed by atoms with E-state index in [1.54, 1.807) is 74.5 Å². The van der Waals surface area contributed by atoms with Crippen molar-refractivity contribution in [2.24, 2.45) is 0 Å². The van der Waals surface area contributed by atoms with Crippen LogP contribution in [0.4, 0.5) is 0 Å². The van der Waals surface area contributed by atoms with Gasteiger partial charge in [-0.25, -0.2) is 0 Å². The zero-order valence-electron chi connectivity index (χ0n) is 13.9. The minimum Gasteiger partial charge on any atom is -0.481 e. The molecule has 24 heavy (non-hydrogen) atoms. The lowest BCUT2D eigenvalue weighted by molar-refractivity contribution is -0.160. The first-order chi connectivity index (χ1) is 11.5. The fraction of sp³-hybridized carbons (Fsp3) is 0.300. The summed E-state index contributed by atoms with van der Waals surface area (Å²) in [4.78, 5) is 24.9. The molecule has 2 aromatic rings. The van der Waals surface area contributed by atoms with Crippen molar-refractivity contribution in [3.05, 3.63) is 71.8 Å². The van der Waals surface area contributed by atoms with Gasteiger partial charge in [-0.1, -0.05) is 74.5 Å². The minimum absolute atomic E-state index is 0.168. The first-order valence-corrected chi connectivity index (χ1v) is 8.05. The second kappa shape index (κ2) is 6.87. The Labute approximate surface area is 141 Å². The highest BCUT2D eigenvalue weighted by Crippen LogP contribution is 2.49. The number of hydrogen-bond donors (Lipinski definition) is 2. The zero-order valence-corrected chi connectivity index (χ0v) is 13.9. The molecule has 0 amide bonds. The van der Waals surface area contributed by atoms with Crippen molar-refractivity contribution in [2.75, 3.05) is 0 Å². The van der Waals surface area contributed by atoms with Crippen LogP contribution in [0.2, 0.25) is 0 Å². The van der Waals surface area contributed by atoms with Crippen LogP contribution in [0.5, 0.6) is 0 Å². The van der Waals surface area contributed by atoms with Crippen molar-refractivity contribution in [1.82, 2.24) is 0 Å². The van der Waals surface area contributed by atoms with Crippen LogP contribution in [-0.2, 0) is 20.4 Å². The maximum Gasteiger partial charge on any atom is 0.315 e. The second-order valence-electron chi connectivity index (χ2n) is 5.86. The van der Waals surface area contributed by atoms with E-state index in [9.17, 15) is 19.8 Å². The third kappa shape index (κ3) is 2.39. The van der Waals surface area contributed by atoms with Gasteiger partial charge in [-0.3, -0.25) is 9.59 Å². The molecular formula is C20H22O4. The van der Waals surface area contributed by atoms with Crippen LogP contribution >= 0.6 is 0 Å². The molecule has 0 aliphatic heterocycles. The summed E-state index contributed by atoms with van der Waals surface area (Å²) in [7, 11) is 0. The Balaban J connectivity index is 2.91. The van der Waals surface area contributed by atoms with E-state index in [2.05, 4.69) is 0 Å². The van der Waals surface area contributed by atoms with E-state index < -0.39 is 22.8 Å². The zero-order chi connectivity index (χ0) is 17.8. The predicted octanol–water partition coefficient (Wildman–Crippen LogP) is 3.85. The molecule has 0 radical (unpaired) electrons. The van der Waals surface area contributed by atoms with E-state index in [1.165, 1.54) is 0 Å². The molecular weight excluding hydrogens is 304 g/mol. The van der Waals surface area contributed by atoms with Crippen LogP contribution in [0.25, 0.3) is 0 Å². The summed E-state index contributed by atoms with van der Waals surface area (Å²) in [6, 6.07) is 17.4. The Hall–Kier alpha value is -2.62. The van der Waals surface area contributed by atoms with Crippen LogP contribution in [0.15, 0.2) is 60.7 Å². The molecule has 2 aromatic carbocycles. The van der Waals surface area contributed by atoms with Crippen LogP contribution in [0.3, 0.4) is 0 Å². The Bertz CT molecular complexity index is 647. The molecule has 0 spiro atoms. The van der Waals surface area contributed by atoms with Crippen LogP contribution in [-0.4, -0.2) is 22.2 Å². The van der Waals surface area contributed by atoms with Gasteiger partial charge >= 0.3 is 11.9 Å². The summed E-state index contributed by atoms with van der Waals surface area (Å²) in [6.07, 6.45) is 0.336. The lowest BCUT2D eigenvalue weighted by Gasteiger charge is -2.45. The lowest BCUT2D eigenvalue weighted by Crippen LogP contribution is -2.58. The van der Waals surface area contributed by atoms with Gasteiger partial charge in [0.25, 0.3) is 0 Å². The van der Waals surface area contributed by atoms with Gasteiger partial charge < -0.3 is 10.2 Å². The Kier molecular flexibility index (Phi) is 5.07. The molecule has 126 valence electrons. The van der Waals surface area contributed by atoms with Crippen molar-refractivity contribution in [2.45, 2.75) is 37.5 Å². The molecule has 0 aromatic heterocycles. The van der Waals surface area contributed by atoms with Crippen molar-refractivity contribution >= 4 is 11.9 Å². The van der Waals surface area contributed by atoms with Gasteiger partial charge in [0.2, 0.25) is 0 Å². The number of rotatable bonds is 7. The molecule has 0 bridgehead atoms. The molecule has 0 fully saturated rings. The molecule has 4 nitrogen and oxygen atoms in total. The van der Waals surface area contributed by atoms with Gasteiger partial charge in [0.05, 0.1) is 0 Å². The fourth-order valence-corrected chi connectivity index (χ4v) is 3.86. The molecule has 0 aliphatic rings. The normalized spacial score (nSPS) is 15.9.